The van der Waals surface area contributed by atoms with E-state index in [1.54, 1.807) is 0 Å². The van der Waals surface area contributed by atoms with Gasteiger partial charge in [-0.15, -0.1) is 0 Å². The maximum absolute atomic E-state index is 13.1. The molecule has 0 amide bonds. The standard InChI is InChI=1S/C10H15ClFN3/c1-2-3-4-5-6-13-9-8(12)7-14-10(11)15-9/h7H,2-6H2,1H3,(H,13,14,15). The third-order valence-electron chi connectivity index (χ3n) is 2.04. The van der Waals surface area contributed by atoms with Gasteiger partial charge in [-0.1, -0.05) is 26.2 Å². The molecule has 1 N–H and O–H groups in total. The van der Waals surface area contributed by atoms with Gasteiger partial charge >= 0.3 is 0 Å². The molecule has 3 nitrogen and oxygen atoms in total. The van der Waals surface area contributed by atoms with Crippen molar-refractivity contribution in [2.75, 3.05) is 11.9 Å². The minimum Gasteiger partial charge on any atom is -0.367 e. The van der Waals surface area contributed by atoms with Gasteiger partial charge in [0.25, 0.3) is 0 Å². The first-order chi connectivity index (χ1) is 7.24. The van der Waals surface area contributed by atoms with Crippen LogP contribution in [0.4, 0.5) is 10.2 Å². The molecule has 1 heterocycles. The molecule has 0 radical (unpaired) electrons. The van der Waals surface area contributed by atoms with Crippen LogP contribution in [0.3, 0.4) is 0 Å². The lowest BCUT2D eigenvalue weighted by atomic mass is 10.2. The number of rotatable bonds is 6. The summed E-state index contributed by atoms with van der Waals surface area (Å²) in [4.78, 5) is 7.30. The molecule has 0 fully saturated rings. The number of nitrogens with one attached hydrogen (secondary N) is 1. The second-order valence-electron chi connectivity index (χ2n) is 3.32. The molecule has 1 aromatic heterocycles. The normalized spacial score (nSPS) is 10.3. The van der Waals surface area contributed by atoms with Gasteiger partial charge in [-0.25, -0.2) is 9.37 Å². The predicted octanol–water partition coefficient (Wildman–Crippen LogP) is 3.26. The molecule has 84 valence electrons. The maximum atomic E-state index is 13.1. The number of hydrogen-bond acceptors (Lipinski definition) is 3. The van der Waals surface area contributed by atoms with Gasteiger partial charge in [0, 0.05) is 6.54 Å². The SMILES string of the molecule is CCCCCCNc1nc(Cl)ncc1F. The van der Waals surface area contributed by atoms with Gasteiger partial charge in [-0.3, -0.25) is 0 Å². The van der Waals surface area contributed by atoms with Gasteiger partial charge in [-0.05, 0) is 18.0 Å². The highest BCUT2D eigenvalue weighted by atomic mass is 35.5. The van der Waals surface area contributed by atoms with E-state index in [1.165, 1.54) is 12.8 Å². The summed E-state index contributed by atoms with van der Waals surface area (Å²) in [6.45, 7) is 2.86. The Morgan fingerprint density at radius 3 is 2.93 bits per heavy atom. The lowest BCUT2D eigenvalue weighted by Crippen LogP contribution is -2.06. The fourth-order valence-electron chi connectivity index (χ4n) is 1.23. The van der Waals surface area contributed by atoms with Crippen LogP contribution in [0.15, 0.2) is 6.20 Å². The van der Waals surface area contributed by atoms with E-state index in [4.69, 9.17) is 11.6 Å². The zero-order chi connectivity index (χ0) is 11.1. The van der Waals surface area contributed by atoms with Crippen LogP contribution in [0.1, 0.15) is 32.6 Å². The Morgan fingerprint density at radius 2 is 2.20 bits per heavy atom. The fourth-order valence-corrected chi connectivity index (χ4v) is 1.36. The van der Waals surface area contributed by atoms with E-state index in [0.29, 0.717) is 6.54 Å². The third kappa shape index (κ3) is 4.42. The molecule has 0 bridgehead atoms. The summed E-state index contributed by atoms with van der Waals surface area (Å²) in [5.74, 6) is -0.276. The van der Waals surface area contributed by atoms with Crippen LogP contribution in [-0.2, 0) is 0 Å². The van der Waals surface area contributed by atoms with Crippen molar-refractivity contribution in [2.45, 2.75) is 32.6 Å². The van der Waals surface area contributed by atoms with Gasteiger partial charge in [0.15, 0.2) is 11.6 Å². The number of anilines is 1. The molecule has 0 aromatic carbocycles. The van der Waals surface area contributed by atoms with Gasteiger partial charge in [0.2, 0.25) is 5.28 Å². The Kier molecular flexibility index (Phi) is 5.32. The van der Waals surface area contributed by atoms with Crippen LogP contribution in [0, 0.1) is 5.82 Å². The predicted molar refractivity (Wildman–Crippen MR) is 59.6 cm³/mol. The molecule has 0 atom stereocenters. The highest BCUT2D eigenvalue weighted by Crippen LogP contribution is 2.12. The average molecular weight is 232 g/mol. The van der Waals surface area contributed by atoms with E-state index >= 15 is 0 Å². The van der Waals surface area contributed by atoms with Crippen molar-refractivity contribution < 1.29 is 4.39 Å². The van der Waals surface area contributed by atoms with Crippen molar-refractivity contribution in [3.05, 3.63) is 17.3 Å². The monoisotopic (exact) mass is 231 g/mol. The smallest absolute Gasteiger partial charge is 0.224 e. The van der Waals surface area contributed by atoms with E-state index in [2.05, 4.69) is 22.2 Å². The number of unbranched alkanes of at least 4 members (excludes halogenated alkanes) is 3. The largest absolute Gasteiger partial charge is 0.367 e. The summed E-state index contributed by atoms with van der Waals surface area (Å²) in [6, 6.07) is 0. The third-order valence-corrected chi connectivity index (χ3v) is 2.22. The number of hydrogen-bond donors (Lipinski definition) is 1. The Hall–Kier alpha value is -0.900. The summed E-state index contributed by atoms with van der Waals surface area (Å²) in [7, 11) is 0. The lowest BCUT2D eigenvalue weighted by Gasteiger charge is -2.05. The zero-order valence-corrected chi connectivity index (χ0v) is 9.52. The van der Waals surface area contributed by atoms with E-state index in [1.807, 2.05) is 0 Å². The number of nitrogens with zero attached hydrogens (tertiary/aromatic N) is 2. The fraction of sp³-hybridized carbons (Fsp3) is 0.600. The van der Waals surface area contributed by atoms with Gasteiger partial charge in [0.05, 0.1) is 6.20 Å². The Morgan fingerprint density at radius 1 is 1.40 bits per heavy atom. The summed E-state index contributed by atoms with van der Waals surface area (Å²) >= 11 is 5.55. The van der Waals surface area contributed by atoms with Gasteiger partial charge in [-0.2, -0.15) is 4.98 Å². The van der Waals surface area contributed by atoms with Crippen molar-refractivity contribution in [1.82, 2.24) is 9.97 Å². The number of aromatic nitrogens is 2. The van der Waals surface area contributed by atoms with Crippen molar-refractivity contribution in [3.63, 3.8) is 0 Å². The first-order valence-corrected chi connectivity index (χ1v) is 5.53. The second kappa shape index (κ2) is 6.56. The van der Waals surface area contributed by atoms with Crippen LogP contribution in [0.25, 0.3) is 0 Å². The molecule has 0 saturated carbocycles. The topological polar surface area (TPSA) is 37.8 Å². The summed E-state index contributed by atoms with van der Waals surface area (Å²) in [5, 5.41) is 2.96. The molecular formula is C10H15ClFN3. The summed E-state index contributed by atoms with van der Waals surface area (Å²) in [6.07, 6.45) is 5.62. The van der Waals surface area contributed by atoms with E-state index in [-0.39, 0.29) is 11.1 Å². The Labute approximate surface area is 94.1 Å². The van der Waals surface area contributed by atoms with Gasteiger partial charge in [0.1, 0.15) is 0 Å². The van der Waals surface area contributed by atoms with E-state index in [0.717, 1.165) is 19.0 Å². The summed E-state index contributed by atoms with van der Waals surface area (Å²) < 4.78 is 13.1. The molecular weight excluding hydrogens is 217 g/mol. The molecule has 15 heavy (non-hydrogen) atoms. The Balaban J connectivity index is 2.33. The first-order valence-electron chi connectivity index (χ1n) is 5.16. The quantitative estimate of drug-likeness (QED) is 0.603. The van der Waals surface area contributed by atoms with Crippen LogP contribution in [0.5, 0.6) is 0 Å². The average Bonchev–Trinajstić information content (AvgIpc) is 2.23. The van der Waals surface area contributed by atoms with Crippen molar-refractivity contribution in [1.29, 1.82) is 0 Å². The van der Waals surface area contributed by atoms with Crippen LogP contribution >= 0.6 is 11.6 Å². The molecule has 0 aliphatic carbocycles. The van der Waals surface area contributed by atoms with Crippen molar-refractivity contribution >= 4 is 17.4 Å². The molecule has 0 aliphatic heterocycles. The minimum atomic E-state index is -0.463. The molecule has 0 unspecified atom stereocenters. The highest BCUT2D eigenvalue weighted by molar-refractivity contribution is 6.28. The van der Waals surface area contributed by atoms with Crippen LogP contribution in [0.2, 0.25) is 5.28 Å². The molecule has 1 aromatic rings. The van der Waals surface area contributed by atoms with Crippen molar-refractivity contribution in [3.8, 4) is 0 Å². The highest BCUT2D eigenvalue weighted by Gasteiger charge is 2.04. The second-order valence-corrected chi connectivity index (χ2v) is 3.66. The maximum Gasteiger partial charge on any atom is 0.224 e. The zero-order valence-electron chi connectivity index (χ0n) is 8.76. The molecule has 0 spiro atoms. The lowest BCUT2D eigenvalue weighted by molar-refractivity contribution is 0.614. The summed E-state index contributed by atoms with van der Waals surface area (Å²) in [5.41, 5.74) is 0. The molecule has 0 aliphatic rings. The van der Waals surface area contributed by atoms with Gasteiger partial charge < -0.3 is 5.32 Å². The van der Waals surface area contributed by atoms with E-state index in [9.17, 15) is 4.39 Å². The molecule has 5 heteroatoms. The molecule has 1 rings (SSSR count). The van der Waals surface area contributed by atoms with E-state index < -0.39 is 5.82 Å². The number of halogens is 2. The van der Waals surface area contributed by atoms with Crippen LogP contribution in [-0.4, -0.2) is 16.5 Å². The van der Waals surface area contributed by atoms with Crippen molar-refractivity contribution in [2.24, 2.45) is 0 Å². The molecule has 0 saturated heterocycles. The Bertz CT molecular complexity index is 307. The van der Waals surface area contributed by atoms with Crippen LogP contribution < -0.4 is 5.32 Å². The first kappa shape index (κ1) is 12.2. The minimum absolute atomic E-state index is 0.0625.